The normalized spacial score (nSPS) is 16.0. The highest BCUT2D eigenvalue weighted by molar-refractivity contribution is 7.92. The number of carbonyl (C=O) groups excluding carboxylic acids is 1. The zero-order valence-corrected chi connectivity index (χ0v) is 15.5. The fraction of sp³-hybridized carbons (Fsp3) is 0.350. The lowest BCUT2D eigenvalue weighted by Crippen LogP contribution is -2.30. The molecule has 1 N–H and O–H groups in total. The van der Waals surface area contributed by atoms with Crippen molar-refractivity contribution in [2.75, 3.05) is 24.4 Å². The summed E-state index contributed by atoms with van der Waals surface area (Å²) in [4.78, 5) is 15.0. The first-order valence-corrected chi connectivity index (χ1v) is 10.5. The molecule has 1 saturated heterocycles. The molecule has 0 radical (unpaired) electrons. The molecule has 2 aromatic carbocycles. The smallest absolute Gasteiger partial charge is 0.261 e. The molecular formula is C20H24N2O3S. The number of likely N-dealkylation sites (tertiary alicyclic amines) is 1. The molecule has 6 heteroatoms. The fourth-order valence-electron chi connectivity index (χ4n) is 3.16. The van der Waals surface area contributed by atoms with Gasteiger partial charge in [0, 0.05) is 11.3 Å². The Morgan fingerprint density at radius 2 is 1.62 bits per heavy atom. The number of anilines is 1. The second-order valence-electron chi connectivity index (χ2n) is 6.61. The minimum atomic E-state index is -3.66. The zero-order chi connectivity index (χ0) is 18.4. The fourth-order valence-corrected chi connectivity index (χ4v) is 4.23. The number of ketones is 1. The average Bonchev–Trinajstić information content (AvgIpc) is 2.91. The van der Waals surface area contributed by atoms with Gasteiger partial charge in [-0.2, -0.15) is 0 Å². The Balaban J connectivity index is 1.70. The van der Waals surface area contributed by atoms with E-state index < -0.39 is 10.0 Å². The van der Waals surface area contributed by atoms with Gasteiger partial charge in [-0.05, 0) is 50.2 Å². The monoisotopic (exact) mass is 372 g/mol. The molecule has 26 heavy (non-hydrogen) atoms. The molecule has 5 nitrogen and oxygen atoms in total. The molecule has 0 saturated carbocycles. The van der Waals surface area contributed by atoms with Crippen molar-refractivity contribution < 1.29 is 13.2 Å². The van der Waals surface area contributed by atoms with Gasteiger partial charge < -0.3 is 0 Å². The topological polar surface area (TPSA) is 66.5 Å². The standard InChI is InChI=1S/C20H24N2O3S/c23-20(16-22-13-6-1-2-7-14-22)17-9-8-10-18(15-17)21-26(24,25)19-11-4-3-5-12-19/h3-5,8-12,15,21H,1-2,6-7,13-14,16H2. The van der Waals surface area contributed by atoms with Crippen molar-refractivity contribution in [1.29, 1.82) is 0 Å². The van der Waals surface area contributed by atoms with E-state index in [0.29, 0.717) is 17.8 Å². The van der Waals surface area contributed by atoms with Crippen LogP contribution in [0, 0.1) is 0 Å². The number of benzene rings is 2. The second-order valence-corrected chi connectivity index (χ2v) is 8.30. The van der Waals surface area contributed by atoms with Gasteiger partial charge in [0.1, 0.15) is 0 Å². The summed E-state index contributed by atoms with van der Waals surface area (Å²) in [5, 5.41) is 0. The molecule has 0 amide bonds. The van der Waals surface area contributed by atoms with E-state index in [1.54, 1.807) is 42.5 Å². The Kier molecular flexibility index (Phi) is 6.06. The number of nitrogens with one attached hydrogen (secondary N) is 1. The van der Waals surface area contributed by atoms with Crippen LogP contribution in [0.2, 0.25) is 0 Å². The lowest BCUT2D eigenvalue weighted by atomic mass is 10.1. The van der Waals surface area contributed by atoms with Gasteiger partial charge in [-0.1, -0.05) is 43.2 Å². The second kappa shape index (κ2) is 8.47. The molecule has 138 valence electrons. The summed E-state index contributed by atoms with van der Waals surface area (Å²) >= 11 is 0. The van der Waals surface area contributed by atoms with E-state index in [1.807, 2.05) is 0 Å². The van der Waals surface area contributed by atoms with Gasteiger partial charge in [0.15, 0.2) is 5.78 Å². The van der Waals surface area contributed by atoms with Crippen LogP contribution in [0.3, 0.4) is 0 Å². The van der Waals surface area contributed by atoms with Crippen molar-refractivity contribution in [3.63, 3.8) is 0 Å². The Hall–Kier alpha value is -2.18. The number of sulfonamides is 1. The summed E-state index contributed by atoms with van der Waals surface area (Å²) in [7, 11) is -3.66. The number of Topliss-reactive ketones (excluding diaryl/α,β-unsaturated/α-hetero) is 1. The summed E-state index contributed by atoms with van der Waals surface area (Å²) in [5.74, 6) is 0.0210. The summed E-state index contributed by atoms with van der Waals surface area (Å²) in [6, 6.07) is 14.9. The molecule has 0 aliphatic carbocycles. The van der Waals surface area contributed by atoms with E-state index in [9.17, 15) is 13.2 Å². The van der Waals surface area contributed by atoms with Crippen LogP contribution in [-0.4, -0.2) is 38.7 Å². The predicted octanol–water partition coefficient (Wildman–Crippen LogP) is 3.55. The molecule has 0 bridgehead atoms. The predicted molar refractivity (Wildman–Crippen MR) is 103 cm³/mol. The van der Waals surface area contributed by atoms with Crippen LogP contribution in [0.5, 0.6) is 0 Å². The third-order valence-electron chi connectivity index (χ3n) is 4.56. The van der Waals surface area contributed by atoms with Crippen molar-refractivity contribution in [2.24, 2.45) is 0 Å². The molecule has 0 aromatic heterocycles. The Bertz CT molecular complexity index is 842. The van der Waals surface area contributed by atoms with Gasteiger partial charge in [0.2, 0.25) is 0 Å². The van der Waals surface area contributed by atoms with E-state index >= 15 is 0 Å². The highest BCUT2D eigenvalue weighted by Gasteiger charge is 2.17. The first-order valence-electron chi connectivity index (χ1n) is 8.98. The van der Waals surface area contributed by atoms with Crippen LogP contribution in [0.4, 0.5) is 5.69 Å². The lowest BCUT2D eigenvalue weighted by molar-refractivity contribution is 0.0933. The van der Waals surface area contributed by atoms with E-state index in [1.165, 1.54) is 25.0 Å². The molecule has 3 rings (SSSR count). The van der Waals surface area contributed by atoms with Gasteiger partial charge in [-0.3, -0.25) is 14.4 Å². The van der Waals surface area contributed by atoms with Gasteiger partial charge in [0.25, 0.3) is 10.0 Å². The summed E-state index contributed by atoms with van der Waals surface area (Å²) in [6.45, 7) is 2.28. The maximum Gasteiger partial charge on any atom is 0.261 e. The van der Waals surface area contributed by atoms with Crippen molar-refractivity contribution in [2.45, 2.75) is 30.6 Å². The van der Waals surface area contributed by atoms with Crippen LogP contribution in [-0.2, 0) is 10.0 Å². The van der Waals surface area contributed by atoms with Crippen LogP contribution < -0.4 is 4.72 Å². The van der Waals surface area contributed by atoms with Crippen molar-refractivity contribution in [3.8, 4) is 0 Å². The number of carbonyl (C=O) groups is 1. The SMILES string of the molecule is O=C(CN1CCCCCC1)c1cccc(NS(=O)(=O)c2ccccc2)c1. The van der Waals surface area contributed by atoms with E-state index in [2.05, 4.69) is 9.62 Å². The first kappa shape index (κ1) is 18.6. The summed E-state index contributed by atoms with van der Waals surface area (Å²) in [6.07, 6.45) is 4.71. The van der Waals surface area contributed by atoms with Gasteiger partial charge in [-0.15, -0.1) is 0 Å². The minimum Gasteiger partial charge on any atom is -0.296 e. The average molecular weight is 372 g/mol. The summed E-state index contributed by atoms with van der Waals surface area (Å²) < 4.78 is 27.4. The third-order valence-corrected chi connectivity index (χ3v) is 5.95. The molecule has 1 heterocycles. The largest absolute Gasteiger partial charge is 0.296 e. The Morgan fingerprint density at radius 1 is 0.923 bits per heavy atom. The van der Waals surface area contributed by atoms with Crippen LogP contribution in [0.25, 0.3) is 0 Å². The summed E-state index contributed by atoms with van der Waals surface area (Å²) in [5.41, 5.74) is 0.929. The first-order chi connectivity index (χ1) is 12.5. The number of rotatable bonds is 6. The molecule has 1 aliphatic heterocycles. The number of hydrogen-bond donors (Lipinski definition) is 1. The Morgan fingerprint density at radius 3 is 2.31 bits per heavy atom. The van der Waals surface area contributed by atoms with Crippen LogP contribution in [0.1, 0.15) is 36.0 Å². The van der Waals surface area contributed by atoms with Crippen LogP contribution in [0.15, 0.2) is 59.5 Å². The quantitative estimate of drug-likeness (QED) is 0.788. The van der Waals surface area contributed by atoms with E-state index in [4.69, 9.17) is 0 Å². The Labute approximate surface area is 155 Å². The molecule has 0 spiro atoms. The van der Waals surface area contributed by atoms with Crippen molar-refractivity contribution >= 4 is 21.5 Å². The van der Waals surface area contributed by atoms with Gasteiger partial charge in [0.05, 0.1) is 11.4 Å². The molecule has 0 unspecified atom stereocenters. The van der Waals surface area contributed by atoms with Gasteiger partial charge in [-0.25, -0.2) is 8.42 Å². The maximum atomic E-state index is 12.6. The molecule has 1 aliphatic rings. The van der Waals surface area contributed by atoms with Crippen molar-refractivity contribution in [1.82, 2.24) is 4.90 Å². The number of hydrogen-bond acceptors (Lipinski definition) is 4. The van der Waals surface area contributed by atoms with Gasteiger partial charge >= 0.3 is 0 Å². The number of nitrogens with zero attached hydrogens (tertiary/aromatic N) is 1. The highest BCUT2D eigenvalue weighted by Crippen LogP contribution is 2.18. The molecule has 1 fully saturated rings. The van der Waals surface area contributed by atoms with Crippen LogP contribution >= 0.6 is 0 Å². The van der Waals surface area contributed by atoms with Crippen molar-refractivity contribution in [3.05, 3.63) is 60.2 Å². The van der Waals surface area contributed by atoms with E-state index in [-0.39, 0.29) is 10.7 Å². The highest BCUT2D eigenvalue weighted by atomic mass is 32.2. The maximum absolute atomic E-state index is 12.6. The molecule has 2 aromatic rings. The minimum absolute atomic E-state index is 0.0210. The molecular weight excluding hydrogens is 348 g/mol. The third kappa shape index (κ3) is 4.93. The molecule has 0 atom stereocenters. The van der Waals surface area contributed by atoms with E-state index in [0.717, 1.165) is 25.9 Å². The lowest BCUT2D eigenvalue weighted by Gasteiger charge is -2.18. The zero-order valence-electron chi connectivity index (χ0n) is 14.7.